The molecule has 0 saturated heterocycles. The molecule has 0 radical (unpaired) electrons. The van der Waals surface area contributed by atoms with Gasteiger partial charge in [-0.3, -0.25) is 0 Å². The van der Waals surface area contributed by atoms with Gasteiger partial charge in [-0.25, -0.2) is 9.97 Å². The van der Waals surface area contributed by atoms with Gasteiger partial charge < -0.3 is 0 Å². The molecular weight excluding hydrogens is 172 g/mol. The van der Waals surface area contributed by atoms with Crippen molar-refractivity contribution in [3.8, 4) is 0 Å². The van der Waals surface area contributed by atoms with Crippen LogP contribution in [-0.2, 0) is 0 Å². The monoisotopic (exact) mass is 190 g/mol. The van der Waals surface area contributed by atoms with Crippen molar-refractivity contribution in [3.05, 3.63) is 35.9 Å². The van der Waals surface area contributed by atoms with Gasteiger partial charge in [0.1, 0.15) is 5.82 Å². The summed E-state index contributed by atoms with van der Waals surface area (Å²) in [6.45, 7) is 15.2. The molecule has 0 bridgehead atoms. The molecule has 0 aliphatic carbocycles. The Labute approximate surface area is 86.4 Å². The summed E-state index contributed by atoms with van der Waals surface area (Å²) in [6, 6.07) is 0. The molecule has 14 heavy (non-hydrogen) atoms. The van der Waals surface area contributed by atoms with Crippen molar-refractivity contribution in [2.24, 2.45) is 0 Å². The van der Waals surface area contributed by atoms with Crippen molar-refractivity contribution in [1.29, 1.82) is 0 Å². The highest BCUT2D eigenvalue weighted by molar-refractivity contribution is 5.61. The van der Waals surface area contributed by atoms with E-state index in [1.807, 2.05) is 27.7 Å². The van der Waals surface area contributed by atoms with Crippen LogP contribution in [-0.4, -0.2) is 9.97 Å². The summed E-state index contributed by atoms with van der Waals surface area (Å²) in [5, 5.41) is 0. The second-order valence-electron chi connectivity index (χ2n) is 2.56. The van der Waals surface area contributed by atoms with Crippen molar-refractivity contribution in [2.45, 2.75) is 27.7 Å². The van der Waals surface area contributed by atoms with Crippen molar-refractivity contribution in [2.75, 3.05) is 0 Å². The van der Waals surface area contributed by atoms with Crippen LogP contribution in [0.15, 0.2) is 13.2 Å². The van der Waals surface area contributed by atoms with E-state index in [1.54, 1.807) is 12.2 Å². The van der Waals surface area contributed by atoms with Crippen LogP contribution in [0.5, 0.6) is 0 Å². The van der Waals surface area contributed by atoms with Crippen LogP contribution in [0, 0.1) is 13.8 Å². The van der Waals surface area contributed by atoms with Gasteiger partial charge in [0, 0.05) is 11.3 Å². The van der Waals surface area contributed by atoms with Crippen molar-refractivity contribution < 1.29 is 0 Å². The van der Waals surface area contributed by atoms with E-state index in [-0.39, 0.29) is 0 Å². The van der Waals surface area contributed by atoms with Gasteiger partial charge >= 0.3 is 0 Å². The van der Waals surface area contributed by atoms with E-state index in [0.717, 1.165) is 22.8 Å². The average Bonchev–Trinajstić information content (AvgIpc) is 2.19. The van der Waals surface area contributed by atoms with Crippen LogP contribution in [0.1, 0.15) is 36.6 Å². The molecule has 0 aliphatic rings. The molecule has 0 saturated carbocycles. The number of aromatic nitrogens is 2. The first kappa shape index (κ1) is 12.6. The Kier molecular flexibility index (Phi) is 5.46. The Morgan fingerprint density at radius 2 is 1.57 bits per heavy atom. The van der Waals surface area contributed by atoms with Gasteiger partial charge in [0.25, 0.3) is 0 Å². The minimum Gasteiger partial charge on any atom is -0.238 e. The van der Waals surface area contributed by atoms with Gasteiger partial charge in [-0.1, -0.05) is 33.1 Å². The molecule has 2 heteroatoms. The largest absolute Gasteiger partial charge is 0.238 e. The molecule has 1 aromatic rings. The van der Waals surface area contributed by atoms with E-state index < -0.39 is 0 Å². The van der Waals surface area contributed by atoms with E-state index in [0.29, 0.717) is 0 Å². The van der Waals surface area contributed by atoms with Crippen LogP contribution < -0.4 is 0 Å². The maximum Gasteiger partial charge on any atom is 0.126 e. The Morgan fingerprint density at radius 1 is 1.00 bits per heavy atom. The van der Waals surface area contributed by atoms with E-state index in [1.165, 1.54) is 0 Å². The lowest BCUT2D eigenvalue weighted by Gasteiger charge is -2.04. The normalized spacial score (nSPS) is 8.57. The first-order chi connectivity index (χ1) is 6.69. The topological polar surface area (TPSA) is 25.8 Å². The third-order valence-corrected chi connectivity index (χ3v) is 1.67. The lowest BCUT2D eigenvalue weighted by molar-refractivity contribution is 0.995. The zero-order valence-corrected chi connectivity index (χ0v) is 9.46. The van der Waals surface area contributed by atoms with E-state index in [2.05, 4.69) is 23.1 Å². The van der Waals surface area contributed by atoms with Gasteiger partial charge in [-0.2, -0.15) is 0 Å². The number of aryl methyl sites for hydroxylation is 2. The molecule has 0 unspecified atom stereocenters. The van der Waals surface area contributed by atoms with E-state index >= 15 is 0 Å². The third kappa shape index (κ3) is 2.80. The minimum absolute atomic E-state index is 0.771. The van der Waals surface area contributed by atoms with Crippen molar-refractivity contribution in [1.82, 2.24) is 9.97 Å². The highest BCUT2D eigenvalue weighted by Crippen LogP contribution is 2.12. The molecule has 0 aromatic carbocycles. The van der Waals surface area contributed by atoms with Gasteiger partial charge in [-0.15, -0.1) is 0 Å². The fraction of sp³-hybridized carbons (Fsp3) is 0.333. The van der Waals surface area contributed by atoms with Crippen LogP contribution in [0.4, 0.5) is 0 Å². The molecule has 0 N–H and O–H groups in total. The van der Waals surface area contributed by atoms with Crippen molar-refractivity contribution >= 4 is 12.2 Å². The second-order valence-corrected chi connectivity index (χ2v) is 2.56. The predicted octanol–water partition coefficient (Wildman–Crippen LogP) is 3.41. The van der Waals surface area contributed by atoms with E-state index in [9.17, 15) is 0 Å². The molecule has 0 aliphatic heterocycles. The predicted molar refractivity (Wildman–Crippen MR) is 63.0 cm³/mol. The quantitative estimate of drug-likeness (QED) is 0.714. The Balaban J connectivity index is 0.000000791. The number of nitrogens with zero attached hydrogens (tertiary/aromatic N) is 2. The summed E-state index contributed by atoms with van der Waals surface area (Å²) in [5.74, 6) is 0.771. The average molecular weight is 190 g/mol. The van der Waals surface area contributed by atoms with Gasteiger partial charge in [-0.05, 0) is 19.9 Å². The maximum atomic E-state index is 4.22. The summed E-state index contributed by atoms with van der Waals surface area (Å²) in [7, 11) is 0. The molecule has 1 rings (SSSR count). The highest BCUT2D eigenvalue weighted by atomic mass is 14.9. The molecular formula is C12H18N2. The van der Waals surface area contributed by atoms with Gasteiger partial charge in [0.2, 0.25) is 0 Å². The summed E-state index contributed by atoms with van der Waals surface area (Å²) >= 11 is 0. The molecule has 1 heterocycles. The molecule has 0 fully saturated rings. The summed E-state index contributed by atoms with van der Waals surface area (Å²) in [5.41, 5.74) is 2.78. The van der Waals surface area contributed by atoms with Crippen LogP contribution in [0.25, 0.3) is 12.2 Å². The second kappa shape index (κ2) is 6.08. The Morgan fingerprint density at radius 3 is 2.00 bits per heavy atom. The fourth-order valence-corrected chi connectivity index (χ4v) is 1.16. The summed E-state index contributed by atoms with van der Waals surface area (Å²) in [6.07, 6.45) is 3.48. The van der Waals surface area contributed by atoms with Gasteiger partial charge in [0.15, 0.2) is 0 Å². The molecule has 1 aromatic heterocycles. The zero-order valence-electron chi connectivity index (χ0n) is 9.46. The lowest BCUT2D eigenvalue weighted by Crippen LogP contribution is -1.98. The highest BCUT2D eigenvalue weighted by Gasteiger charge is 2.02. The molecule has 76 valence electrons. The van der Waals surface area contributed by atoms with E-state index in [4.69, 9.17) is 0 Å². The maximum absolute atomic E-state index is 4.22. The molecule has 0 spiro atoms. The fourth-order valence-electron chi connectivity index (χ4n) is 1.16. The van der Waals surface area contributed by atoms with Crippen LogP contribution in [0.3, 0.4) is 0 Å². The van der Waals surface area contributed by atoms with Crippen molar-refractivity contribution in [3.63, 3.8) is 0 Å². The smallest absolute Gasteiger partial charge is 0.126 e. The Bertz CT molecular complexity index is 327. The number of hydrogen-bond donors (Lipinski definition) is 0. The van der Waals surface area contributed by atoms with Crippen LogP contribution in [0.2, 0.25) is 0 Å². The van der Waals surface area contributed by atoms with Crippen LogP contribution >= 0.6 is 0 Å². The SMILES string of the molecule is C=Cc1nc(C)nc(C)c1C=C.CC. The Hall–Kier alpha value is -1.44. The summed E-state index contributed by atoms with van der Waals surface area (Å²) in [4.78, 5) is 8.45. The third-order valence-electron chi connectivity index (χ3n) is 1.67. The molecule has 2 nitrogen and oxygen atoms in total. The molecule has 0 atom stereocenters. The first-order valence-electron chi connectivity index (χ1n) is 4.79. The van der Waals surface area contributed by atoms with Gasteiger partial charge in [0.05, 0.1) is 5.69 Å². The zero-order chi connectivity index (χ0) is 11.1. The standard InChI is InChI=1S/C10H12N2.C2H6/c1-5-9-7(3)11-8(4)12-10(9)6-2;1-2/h5-6H,1-2H2,3-4H3;1-2H3. The summed E-state index contributed by atoms with van der Waals surface area (Å²) < 4.78 is 0. The first-order valence-corrected chi connectivity index (χ1v) is 4.79. The number of rotatable bonds is 2. The minimum atomic E-state index is 0.771. The lowest BCUT2D eigenvalue weighted by atomic mass is 10.1. The molecule has 0 amide bonds. The number of hydrogen-bond acceptors (Lipinski definition) is 2.